The topological polar surface area (TPSA) is 37.4 Å². The molecule has 0 heterocycles. The Morgan fingerprint density at radius 2 is 2.09 bits per heavy atom. The second kappa shape index (κ2) is 4.88. The predicted octanol–water partition coefficient (Wildman–Crippen LogP) is 0.832. The molecule has 3 heteroatoms. The van der Waals surface area contributed by atoms with Gasteiger partial charge in [-0.3, -0.25) is 4.79 Å². The predicted molar refractivity (Wildman–Crippen MR) is 43.2 cm³/mol. The second-order valence-electron chi connectivity index (χ2n) is 2.80. The number of aldehydes is 1. The third-order valence-electron chi connectivity index (χ3n) is 1.64. The molecule has 0 saturated heterocycles. The number of nitrogens with zero attached hydrogens (tertiary/aromatic N) is 1. The first kappa shape index (κ1) is 10.1. The van der Waals surface area contributed by atoms with Gasteiger partial charge >= 0.3 is 0 Å². The number of hydrogen-bond acceptors (Lipinski definition) is 2. The lowest BCUT2D eigenvalue weighted by atomic mass is 10.2. The summed E-state index contributed by atoms with van der Waals surface area (Å²) in [6.07, 6.45) is 1.43. The average Bonchev–Trinajstić information content (AvgIpc) is 1.98. The molecule has 0 aromatic carbocycles. The highest BCUT2D eigenvalue weighted by Crippen LogP contribution is 1.98. The van der Waals surface area contributed by atoms with E-state index in [1.807, 2.05) is 13.8 Å². The Labute approximate surface area is 67.4 Å². The fourth-order valence-electron chi connectivity index (χ4n) is 0.647. The molecule has 0 unspecified atom stereocenters. The van der Waals surface area contributed by atoms with Crippen molar-refractivity contribution in [3.63, 3.8) is 0 Å². The first-order valence-corrected chi connectivity index (χ1v) is 3.79. The molecule has 11 heavy (non-hydrogen) atoms. The zero-order chi connectivity index (χ0) is 8.85. The Balaban J connectivity index is 3.73. The molecule has 0 aromatic heterocycles. The molecule has 1 amide bonds. The Morgan fingerprint density at radius 3 is 2.45 bits per heavy atom. The molecule has 0 rings (SSSR count). The van der Waals surface area contributed by atoms with Gasteiger partial charge in [0.15, 0.2) is 0 Å². The van der Waals surface area contributed by atoms with Crippen LogP contribution >= 0.6 is 0 Å². The number of hydrogen-bond donors (Lipinski definition) is 0. The summed E-state index contributed by atoms with van der Waals surface area (Å²) in [4.78, 5) is 22.7. The Bertz CT molecular complexity index is 143. The van der Waals surface area contributed by atoms with Gasteiger partial charge in [0, 0.05) is 25.9 Å². The monoisotopic (exact) mass is 157 g/mol. The summed E-state index contributed by atoms with van der Waals surface area (Å²) in [5.41, 5.74) is 0. The molecule has 0 aliphatic rings. The lowest BCUT2D eigenvalue weighted by molar-refractivity contribution is -0.132. The van der Waals surface area contributed by atoms with Crippen molar-refractivity contribution in [2.45, 2.75) is 32.7 Å². The lowest BCUT2D eigenvalue weighted by Gasteiger charge is -2.20. The number of rotatable bonds is 4. The first-order valence-electron chi connectivity index (χ1n) is 3.79. The van der Waals surface area contributed by atoms with E-state index in [-0.39, 0.29) is 11.9 Å². The SMILES string of the molecule is CC(C)N(C)C(=O)CCC=O. The van der Waals surface area contributed by atoms with Crippen molar-refractivity contribution in [1.82, 2.24) is 4.90 Å². The van der Waals surface area contributed by atoms with E-state index in [0.717, 1.165) is 6.29 Å². The van der Waals surface area contributed by atoms with E-state index in [0.29, 0.717) is 12.8 Å². The number of carbonyl (C=O) groups excluding carboxylic acids is 2. The molecule has 0 fully saturated rings. The maximum absolute atomic E-state index is 11.1. The van der Waals surface area contributed by atoms with Gasteiger partial charge in [-0.15, -0.1) is 0 Å². The van der Waals surface area contributed by atoms with Crippen LogP contribution in [0.3, 0.4) is 0 Å². The molecule has 0 N–H and O–H groups in total. The zero-order valence-electron chi connectivity index (χ0n) is 7.33. The van der Waals surface area contributed by atoms with Crippen LogP contribution in [0.15, 0.2) is 0 Å². The standard InChI is InChI=1S/C8H15NO2/c1-7(2)9(3)8(11)5-4-6-10/h6-7H,4-5H2,1-3H3. The van der Waals surface area contributed by atoms with Crippen molar-refractivity contribution in [2.75, 3.05) is 7.05 Å². The van der Waals surface area contributed by atoms with Crippen molar-refractivity contribution in [1.29, 1.82) is 0 Å². The van der Waals surface area contributed by atoms with E-state index < -0.39 is 0 Å². The van der Waals surface area contributed by atoms with E-state index in [4.69, 9.17) is 0 Å². The summed E-state index contributed by atoms with van der Waals surface area (Å²) >= 11 is 0. The van der Waals surface area contributed by atoms with Gasteiger partial charge < -0.3 is 9.69 Å². The van der Waals surface area contributed by atoms with Crippen LogP contribution in [0.4, 0.5) is 0 Å². The summed E-state index contributed by atoms with van der Waals surface area (Å²) < 4.78 is 0. The molecule has 0 aliphatic carbocycles. The minimum absolute atomic E-state index is 0.0344. The molecule has 0 saturated carbocycles. The van der Waals surface area contributed by atoms with Gasteiger partial charge in [-0.25, -0.2) is 0 Å². The van der Waals surface area contributed by atoms with Crippen LogP contribution in [0.2, 0.25) is 0 Å². The minimum Gasteiger partial charge on any atom is -0.343 e. The third-order valence-corrected chi connectivity index (χ3v) is 1.64. The smallest absolute Gasteiger partial charge is 0.222 e. The van der Waals surface area contributed by atoms with Crippen LogP contribution in [0, 0.1) is 0 Å². The number of amides is 1. The van der Waals surface area contributed by atoms with Gasteiger partial charge in [0.2, 0.25) is 5.91 Å². The highest BCUT2D eigenvalue weighted by Gasteiger charge is 2.10. The molecule has 3 nitrogen and oxygen atoms in total. The lowest BCUT2D eigenvalue weighted by Crippen LogP contribution is -2.32. The molecule has 0 bridgehead atoms. The molecular weight excluding hydrogens is 142 g/mol. The molecule has 0 atom stereocenters. The molecule has 0 radical (unpaired) electrons. The maximum Gasteiger partial charge on any atom is 0.222 e. The van der Waals surface area contributed by atoms with Gasteiger partial charge in [0.05, 0.1) is 0 Å². The summed E-state index contributed by atoms with van der Waals surface area (Å²) in [6, 6.07) is 0.217. The minimum atomic E-state index is 0.0344. The van der Waals surface area contributed by atoms with Crippen molar-refractivity contribution in [3.05, 3.63) is 0 Å². The Hall–Kier alpha value is -0.860. The van der Waals surface area contributed by atoms with Gasteiger partial charge in [-0.2, -0.15) is 0 Å². The zero-order valence-corrected chi connectivity index (χ0v) is 7.33. The second-order valence-corrected chi connectivity index (χ2v) is 2.80. The Morgan fingerprint density at radius 1 is 1.55 bits per heavy atom. The van der Waals surface area contributed by atoms with Gasteiger partial charge in [-0.1, -0.05) is 0 Å². The molecular formula is C8H15NO2. The normalized spacial score (nSPS) is 9.82. The summed E-state index contributed by atoms with van der Waals surface area (Å²) in [7, 11) is 1.75. The van der Waals surface area contributed by atoms with E-state index in [1.165, 1.54) is 0 Å². The number of carbonyl (C=O) groups is 2. The van der Waals surface area contributed by atoms with Crippen LogP contribution in [0.5, 0.6) is 0 Å². The highest BCUT2D eigenvalue weighted by atomic mass is 16.2. The van der Waals surface area contributed by atoms with Crippen LogP contribution in [0.25, 0.3) is 0 Å². The van der Waals surface area contributed by atoms with Gasteiger partial charge in [-0.05, 0) is 13.8 Å². The fourth-order valence-corrected chi connectivity index (χ4v) is 0.647. The van der Waals surface area contributed by atoms with Gasteiger partial charge in [0.25, 0.3) is 0 Å². The molecule has 64 valence electrons. The largest absolute Gasteiger partial charge is 0.343 e. The first-order chi connectivity index (χ1) is 5.09. The highest BCUT2D eigenvalue weighted by molar-refractivity contribution is 5.78. The average molecular weight is 157 g/mol. The van der Waals surface area contributed by atoms with Crippen LogP contribution < -0.4 is 0 Å². The summed E-state index contributed by atoms with van der Waals surface area (Å²) in [5.74, 6) is 0.0344. The quantitative estimate of drug-likeness (QED) is 0.567. The summed E-state index contributed by atoms with van der Waals surface area (Å²) in [6.45, 7) is 3.89. The van der Waals surface area contributed by atoms with Crippen LogP contribution in [-0.2, 0) is 9.59 Å². The molecule has 0 aliphatic heterocycles. The molecule has 0 aromatic rings. The fraction of sp³-hybridized carbons (Fsp3) is 0.750. The van der Waals surface area contributed by atoms with Crippen LogP contribution in [-0.4, -0.2) is 30.2 Å². The van der Waals surface area contributed by atoms with E-state index in [2.05, 4.69) is 0 Å². The summed E-state index contributed by atoms with van der Waals surface area (Å²) in [5, 5.41) is 0. The third kappa shape index (κ3) is 3.75. The van der Waals surface area contributed by atoms with E-state index in [9.17, 15) is 9.59 Å². The van der Waals surface area contributed by atoms with Crippen molar-refractivity contribution in [3.8, 4) is 0 Å². The maximum atomic E-state index is 11.1. The molecule has 0 spiro atoms. The van der Waals surface area contributed by atoms with Crippen LogP contribution in [0.1, 0.15) is 26.7 Å². The van der Waals surface area contributed by atoms with Gasteiger partial charge in [0.1, 0.15) is 6.29 Å². The Kier molecular flexibility index (Phi) is 4.50. The van der Waals surface area contributed by atoms with E-state index >= 15 is 0 Å². The van der Waals surface area contributed by atoms with E-state index in [1.54, 1.807) is 11.9 Å². The van der Waals surface area contributed by atoms with Crippen molar-refractivity contribution >= 4 is 12.2 Å². The van der Waals surface area contributed by atoms with Crippen molar-refractivity contribution < 1.29 is 9.59 Å². The van der Waals surface area contributed by atoms with Crippen molar-refractivity contribution in [2.24, 2.45) is 0 Å².